The Hall–Kier alpha value is -7.09. The molecule has 5 nitrogen and oxygen atoms in total. The van der Waals surface area contributed by atoms with Gasteiger partial charge in [-0.25, -0.2) is 45.1 Å². The molecule has 1 saturated carbocycles. The van der Waals surface area contributed by atoms with Crippen LogP contribution in [0.25, 0.3) is 0 Å². The van der Waals surface area contributed by atoms with Crippen LogP contribution in [0.15, 0.2) is 128 Å². The monoisotopic (exact) mass is 1220 g/mol. The van der Waals surface area contributed by atoms with Crippen LogP contribution in [0.3, 0.4) is 0 Å². The van der Waals surface area contributed by atoms with Crippen molar-refractivity contribution in [1.82, 2.24) is 15.0 Å². The summed E-state index contributed by atoms with van der Waals surface area (Å²) in [5.74, 6) is 0.0944. The molecule has 2 aromatic heterocycles. The van der Waals surface area contributed by atoms with Crippen molar-refractivity contribution in [3.63, 3.8) is 0 Å². The first kappa shape index (κ1) is 78.9. The summed E-state index contributed by atoms with van der Waals surface area (Å²) in [6, 6.07) is 31.2. The molecule has 1 saturated heterocycles. The van der Waals surface area contributed by atoms with Crippen LogP contribution in [0.4, 0.5) is 35.1 Å². The summed E-state index contributed by atoms with van der Waals surface area (Å²) in [6.07, 6.45) is 11.4. The van der Waals surface area contributed by atoms with Crippen LogP contribution in [0.1, 0.15) is 143 Å². The van der Waals surface area contributed by atoms with Gasteiger partial charge in [-0.3, -0.25) is 4.98 Å². The molecule has 2 fully saturated rings. The number of pyridine rings is 1. The number of ether oxygens (including phenoxy) is 2. The summed E-state index contributed by atoms with van der Waals surface area (Å²) in [5, 5.41) is 0. The highest BCUT2D eigenvalue weighted by Gasteiger charge is 2.14. The molecule has 480 valence electrons. The summed E-state index contributed by atoms with van der Waals surface area (Å²) in [6.45, 7) is 39.0. The Labute approximate surface area is 522 Å². The van der Waals surface area contributed by atoms with Crippen LogP contribution in [0.2, 0.25) is 0 Å². The van der Waals surface area contributed by atoms with Crippen molar-refractivity contribution in [2.45, 2.75) is 170 Å². The molecular formula is C75H97F8N3O2. The van der Waals surface area contributed by atoms with Gasteiger partial charge in [0, 0.05) is 35.8 Å². The van der Waals surface area contributed by atoms with Crippen molar-refractivity contribution in [1.29, 1.82) is 0 Å². The normalized spacial score (nSPS) is 15.1. The van der Waals surface area contributed by atoms with Gasteiger partial charge in [-0.2, -0.15) is 0 Å². The highest BCUT2D eigenvalue weighted by atomic mass is 19.2. The van der Waals surface area contributed by atoms with Gasteiger partial charge in [0.1, 0.15) is 40.7 Å². The van der Waals surface area contributed by atoms with E-state index in [1.54, 1.807) is 45.0 Å². The first-order valence-electron chi connectivity index (χ1n) is 29.8. The summed E-state index contributed by atoms with van der Waals surface area (Å²) < 4.78 is 111. The predicted molar refractivity (Wildman–Crippen MR) is 348 cm³/mol. The second-order valence-corrected chi connectivity index (χ2v) is 23.2. The molecule has 0 spiro atoms. The molecular weight excluding hydrogens is 1130 g/mol. The standard InChI is InChI=1S/3C8H8F2.2C8H9F.C8H16.C8H10.C7H9N.C6H8N2.C6H12O2/c1-5-3-8(10)6(2)4-7(5)9;1-5-3-7(9)6(2)8(10)4-5;1-5-3-4-6(2)8(10)7(5)9;2*1-6-3-4-7(2)8(9)5-6;2*1-7-3-5-8(2)6-4-7;1-6-3-4-7(2)8-5-6;2*1-5-3-7-6(2)8-4-5/h3*3-4H,1-2H3;2*3-5H,1-2H3;7-8H,3-6H2,1-2H3;3-6H,1-2H3;3-5H,1-2H3;3-4H,1-2H3;5-6H,3-4H2,1-2H3. The fourth-order valence-corrected chi connectivity index (χ4v) is 7.41. The van der Waals surface area contributed by atoms with Crippen LogP contribution in [0, 0.1) is 175 Å². The molecule has 0 atom stereocenters. The van der Waals surface area contributed by atoms with E-state index in [2.05, 4.69) is 79.9 Å². The number of aryl methyl sites for hydroxylation is 15. The molecule has 0 bridgehead atoms. The lowest BCUT2D eigenvalue weighted by Crippen LogP contribution is -2.27. The predicted octanol–water partition coefficient (Wildman–Crippen LogP) is 21.6. The van der Waals surface area contributed by atoms with Crippen LogP contribution in [0.5, 0.6) is 0 Å². The Kier molecular flexibility index (Phi) is 37.6. The third kappa shape index (κ3) is 34.5. The van der Waals surface area contributed by atoms with E-state index in [9.17, 15) is 35.1 Å². The highest BCUT2D eigenvalue weighted by Crippen LogP contribution is 2.27. The van der Waals surface area contributed by atoms with Gasteiger partial charge in [0.05, 0.1) is 13.2 Å². The Bertz CT molecular complexity index is 2890. The molecule has 1 aliphatic heterocycles. The van der Waals surface area contributed by atoms with Gasteiger partial charge in [0.15, 0.2) is 17.9 Å². The summed E-state index contributed by atoms with van der Waals surface area (Å²) in [5.41, 5.74) is 11.5. The fourth-order valence-electron chi connectivity index (χ4n) is 7.41. The molecule has 0 amide bonds. The van der Waals surface area contributed by atoms with Gasteiger partial charge in [0.2, 0.25) is 0 Å². The van der Waals surface area contributed by atoms with Crippen molar-refractivity contribution in [2.24, 2.45) is 17.8 Å². The Morgan fingerprint density at radius 2 is 0.625 bits per heavy atom. The fraction of sp³-hybridized carbons (Fsp3) is 0.400. The van der Waals surface area contributed by atoms with Gasteiger partial charge in [-0.1, -0.05) is 124 Å². The summed E-state index contributed by atoms with van der Waals surface area (Å²) in [4.78, 5) is 12.0. The number of hydrogen-bond donors (Lipinski definition) is 0. The number of benzene rings is 6. The van der Waals surface area contributed by atoms with Crippen LogP contribution in [-0.2, 0) is 9.47 Å². The highest BCUT2D eigenvalue weighted by molar-refractivity contribution is 5.27. The van der Waals surface area contributed by atoms with Crippen molar-refractivity contribution < 1.29 is 44.6 Å². The Balaban J connectivity index is 0.000000489. The molecule has 2 aliphatic rings. The minimum Gasteiger partial charge on any atom is -0.353 e. The van der Waals surface area contributed by atoms with Crippen LogP contribution in [-0.4, -0.2) is 34.5 Å². The van der Waals surface area contributed by atoms with Gasteiger partial charge >= 0.3 is 0 Å². The number of nitrogens with zero attached hydrogens (tertiary/aromatic N) is 3. The first-order valence-corrected chi connectivity index (χ1v) is 29.8. The maximum Gasteiger partial charge on any atom is 0.161 e. The lowest BCUT2D eigenvalue weighted by atomic mass is 9.84. The van der Waals surface area contributed by atoms with Crippen molar-refractivity contribution in [3.05, 3.63) is 264 Å². The maximum absolute atomic E-state index is 12.6. The minimum atomic E-state index is -0.736. The zero-order valence-corrected chi connectivity index (χ0v) is 55.9. The van der Waals surface area contributed by atoms with Gasteiger partial charge < -0.3 is 9.47 Å². The molecule has 6 aromatic carbocycles. The molecule has 13 heteroatoms. The van der Waals surface area contributed by atoms with E-state index in [1.807, 2.05) is 85.3 Å². The Morgan fingerprint density at radius 3 is 0.932 bits per heavy atom. The zero-order chi connectivity index (χ0) is 66.8. The largest absolute Gasteiger partial charge is 0.353 e. The van der Waals surface area contributed by atoms with E-state index in [0.717, 1.165) is 53.3 Å². The average Bonchev–Trinajstić information content (AvgIpc) is 3.34. The van der Waals surface area contributed by atoms with E-state index >= 15 is 0 Å². The zero-order valence-electron chi connectivity index (χ0n) is 55.9. The quantitative estimate of drug-likeness (QED) is 0.142. The molecule has 0 unspecified atom stereocenters. The van der Waals surface area contributed by atoms with Crippen molar-refractivity contribution >= 4 is 0 Å². The summed E-state index contributed by atoms with van der Waals surface area (Å²) in [7, 11) is 0. The third-order valence-electron chi connectivity index (χ3n) is 13.7. The van der Waals surface area contributed by atoms with Crippen molar-refractivity contribution in [2.75, 3.05) is 13.2 Å². The molecule has 3 heterocycles. The third-order valence-corrected chi connectivity index (χ3v) is 13.7. The molecule has 8 aromatic rings. The lowest BCUT2D eigenvalue weighted by molar-refractivity contribution is -0.187. The Morgan fingerprint density at radius 1 is 0.307 bits per heavy atom. The van der Waals surface area contributed by atoms with E-state index < -0.39 is 23.3 Å². The van der Waals surface area contributed by atoms with E-state index in [1.165, 1.54) is 113 Å². The van der Waals surface area contributed by atoms with Gasteiger partial charge in [-0.15, -0.1) is 0 Å². The topological polar surface area (TPSA) is 57.1 Å². The molecule has 88 heavy (non-hydrogen) atoms. The number of halogens is 8. The second kappa shape index (κ2) is 41.9. The lowest BCUT2D eigenvalue weighted by Gasteiger charge is -2.24. The number of hydrogen-bond acceptors (Lipinski definition) is 5. The van der Waals surface area contributed by atoms with Crippen LogP contribution >= 0.6 is 0 Å². The number of rotatable bonds is 0. The van der Waals surface area contributed by atoms with Crippen molar-refractivity contribution in [3.8, 4) is 0 Å². The maximum atomic E-state index is 12.6. The van der Waals surface area contributed by atoms with Gasteiger partial charge in [-0.05, 0) is 233 Å². The number of aromatic nitrogens is 3. The van der Waals surface area contributed by atoms with Gasteiger partial charge in [0.25, 0.3) is 0 Å². The molecule has 0 N–H and O–H groups in total. The van der Waals surface area contributed by atoms with E-state index in [0.29, 0.717) is 44.9 Å². The van der Waals surface area contributed by atoms with E-state index in [-0.39, 0.29) is 35.1 Å². The minimum absolute atomic E-state index is 0.0196. The van der Waals surface area contributed by atoms with E-state index in [4.69, 9.17) is 9.47 Å². The molecule has 10 rings (SSSR count). The average molecular weight is 1220 g/mol. The molecule has 0 radical (unpaired) electrons. The first-order chi connectivity index (χ1) is 41.2. The van der Waals surface area contributed by atoms with Crippen LogP contribution < -0.4 is 0 Å². The molecule has 1 aliphatic carbocycles. The SMILES string of the molecule is CC1CCC(C)CC1.CC1COC(C)OC1.Cc1cc(F)c(C)c(F)c1.Cc1cc(F)c(C)cc1F.Cc1ccc(C)c(F)c1.Cc1ccc(C)c(F)c1.Cc1ccc(C)c(F)c1F.Cc1ccc(C)cc1.Cc1ccc(C)nc1.Cc1cnc(C)nc1. The summed E-state index contributed by atoms with van der Waals surface area (Å²) >= 11 is 0. The smallest absolute Gasteiger partial charge is 0.161 e. The second-order valence-electron chi connectivity index (χ2n) is 23.2.